The van der Waals surface area contributed by atoms with E-state index in [9.17, 15) is 13.9 Å². The number of halogens is 2. The quantitative estimate of drug-likeness (QED) is 0.793. The molecule has 3 rings (SSSR count). The fraction of sp³-hybridized carbons (Fsp3) is 0.400. The van der Waals surface area contributed by atoms with E-state index in [1.54, 1.807) is 0 Å². The first-order valence-corrected chi connectivity index (χ1v) is 8.82. The minimum absolute atomic E-state index is 0.395. The van der Waals surface area contributed by atoms with Crippen LogP contribution in [-0.2, 0) is 13.0 Å². The number of aliphatic hydroxyl groups is 1. The molecule has 0 bridgehead atoms. The molecule has 0 saturated carbocycles. The van der Waals surface area contributed by atoms with Crippen LogP contribution in [0.15, 0.2) is 36.4 Å². The number of hydrogen-bond donors (Lipinski definition) is 2. The summed E-state index contributed by atoms with van der Waals surface area (Å²) >= 11 is 0. The van der Waals surface area contributed by atoms with Crippen molar-refractivity contribution in [2.75, 3.05) is 19.8 Å². The lowest BCUT2D eigenvalue weighted by atomic mass is 10.1. The molecular formula is C20H23F2NO3. The van der Waals surface area contributed by atoms with E-state index in [2.05, 4.69) is 5.32 Å². The van der Waals surface area contributed by atoms with Crippen molar-refractivity contribution in [1.29, 1.82) is 0 Å². The molecule has 4 nitrogen and oxygen atoms in total. The molecule has 0 saturated heterocycles. The third kappa shape index (κ3) is 5.41. The number of nitrogens with one attached hydrogen (secondary N) is 1. The van der Waals surface area contributed by atoms with E-state index in [1.165, 1.54) is 12.1 Å². The predicted octanol–water partition coefficient (Wildman–Crippen LogP) is 3.21. The fourth-order valence-electron chi connectivity index (χ4n) is 2.89. The molecule has 2 aromatic rings. The van der Waals surface area contributed by atoms with Gasteiger partial charge >= 0.3 is 0 Å². The van der Waals surface area contributed by atoms with Crippen LogP contribution in [0.2, 0.25) is 0 Å². The summed E-state index contributed by atoms with van der Waals surface area (Å²) in [5.74, 6) is 0.313. The van der Waals surface area contributed by atoms with Crippen molar-refractivity contribution in [1.82, 2.24) is 5.32 Å². The number of aliphatic hydroxyl groups excluding tert-OH is 1. The first-order valence-electron chi connectivity index (χ1n) is 8.82. The monoisotopic (exact) mass is 363 g/mol. The predicted molar refractivity (Wildman–Crippen MR) is 94.4 cm³/mol. The van der Waals surface area contributed by atoms with Crippen LogP contribution in [0.1, 0.15) is 24.0 Å². The zero-order chi connectivity index (χ0) is 18.4. The van der Waals surface area contributed by atoms with Gasteiger partial charge in [0.2, 0.25) is 0 Å². The number of benzene rings is 2. The average molecular weight is 363 g/mol. The van der Waals surface area contributed by atoms with Crippen molar-refractivity contribution >= 4 is 0 Å². The van der Waals surface area contributed by atoms with Gasteiger partial charge in [-0.25, -0.2) is 8.78 Å². The Morgan fingerprint density at radius 2 is 1.69 bits per heavy atom. The van der Waals surface area contributed by atoms with Crippen LogP contribution >= 0.6 is 0 Å². The molecule has 0 amide bonds. The number of fused-ring (bicyclic) bond motifs is 1. The molecule has 1 atom stereocenters. The molecule has 26 heavy (non-hydrogen) atoms. The second-order valence-corrected chi connectivity index (χ2v) is 6.43. The van der Waals surface area contributed by atoms with Crippen molar-refractivity contribution in [3.63, 3.8) is 0 Å². The molecule has 0 fully saturated rings. The van der Waals surface area contributed by atoms with Crippen molar-refractivity contribution in [3.8, 4) is 11.5 Å². The molecule has 2 N–H and O–H groups in total. The second kappa shape index (κ2) is 8.96. The zero-order valence-electron chi connectivity index (χ0n) is 14.5. The van der Waals surface area contributed by atoms with Gasteiger partial charge < -0.3 is 19.9 Å². The van der Waals surface area contributed by atoms with Crippen molar-refractivity contribution in [2.45, 2.75) is 31.9 Å². The summed E-state index contributed by atoms with van der Waals surface area (Å²) in [5, 5.41) is 13.3. The van der Waals surface area contributed by atoms with Gasteiger partial charge in [-0.2, -0.15) is 0 Å². The van der Waals surface area contributed by atoms with Crippen molar-refractivity contribution < 1.29 is 23.4 Å². The van der Waals surface area contributed by atoms with Crippen molar-refractivity contribution in [3.05, 3.63) is 59.2 Å². The van der Waals surface area contributed by atoms with Gasteiger partial charge in [0.05, 0.1) is 19.3 Å². The first kappa shape index (κ1) is 18.6. The van der Waals surface area contributed by atoms with Crippen LogP contribution in [-0.4, -0.2) is 31.0 Å². The molecule has 1 heterocycles. The molecule has 0 aromatic heterocycles. The highest BCUT2D eigenvalue weighted by molar-refractivity contribution is 5.43. The standard InChI is InChI=1S/C20H23F2NO3/c21-16-8-14(9-17(22)11-16)2-4-18(24)13-23-12-15-3-5-19-20(10-15)26-7-1-6-25-19/h3,5,8-11,18,23-24H,1-2,4,6-7,12-13H2. The normalized spacial score (nSPS) is 14.7. The van der Waals surface area contributed by atoms with E-state index in [0.717, 1.165) is 29.5 Å². The van der Waals surface area contributed by atoms with Gasteiger partial charge in [-0.15, -0.1) is 0 Å². The van der Waals surface area contributed by atoms with E-state index in [4.69, 9.17) is 9.47 Å². The van der Waals surface area contributed by atoms with Gasteiger partial charge in [0.1, 0.15) is 11.6 Å². The SMILES string of the molecule is OC(CCc1cc(F)cc(F)c1)CNCc1ccc2c(c1)OCCCO2. The Hall–Kier alpha value is -2.18. The van der Waals surface area contributed by atoms with Crippen LogP contribution < -0.4 is 14.8 Å². The van der Waals surface area contributed by atoms with Crippen LogP contribution in [0.25, 0.3) is 0 Å². The van der Waals surface area contributed by atoms with Crippen LogP contribution in [0.4, 0.5) is 8.78 Å². The zero-order valence-corrected chi connectivity index (χ0v) is 14.5. The summed E-state index contributed by atoms with van der Waals surface area (Å²) in [6.45, 7) is 2.28. The van der Waals surface area contributed by atoms with Gasteiger partial charge in [-0.1, -0.05) is 6.07 Å². The lowest BCUT2D eigenvalue weighted by Gasteiger charge is -2.13. The molecule has 1 unspecified atom stereocenters. The van der Waals surface area contributed by atoms with Gasteiger partial charge in [-0.05, 0) is 48.2 Å². The molecule has 140 valence electrons. The first-order chi connectivity index (χ1) is 12.6. The number of aryl methyl sites for hydroxylation is 1. The summed E-state index contributed by atoms with van der Waals surface area (Å²) in [6, 6.07) is 9.23. The fourth-order valence-corrected chi connectivity index (χ4v) is 2.89. The van der Waals surface area contributed by atoms with Gasteiger partial charge in [0.15, 0.2) is 11.5 Å². The summed E-state index contributed by atoms with van der Waals surface area (Å²) in [5.41, 5.74) is 1.58. The lowest BCUT2D eigenvalue weighted by molar-refractivity contribution is 0.161. The topological polar surface area (TPSA) is 50.7 Å². The Morgan fingerprint density at radius 1 is 0.962 bits per heavy atom. The van der Waals surface area contributed by atoms with E-state index in [1.807, 2.05) is 18.2 Å². The highest BCUT2D eigenvalue weighted by Crippen LogP contribution is 2.30. The maximum atomic E-state index is 13.2. The Labute approximate surface area is 151 Å². The maximum absolute atomic E-state index is 13.2. The van der Waals surface area contributed by atoms with Crippen LogP contribution in [0.5, 0.6) is 11.5 Å². The Morgan fingerprint density at radius 3 is 2.46 bits per heavy atom. The molecule has 1 aliphatic heterocycles. The smallest absolute Gasteiger partial charge is 0.161 e. The largest absolute Gasteiger partial charge is 0.490 e. The molecule has 6 heteroatoms. The summed E-state index contributed by atoms with van der Waals surface area (Å²) in [6.07, 6.45) is 1.11. The number of rotatable bonds is 7. The van der Waals surface area contributed by atoms with Crippen LogP contribution in [0.3, 0.4) is 0 Å². The second-order valence-electron chi connectivity index (χ2n) is 6.43. The summed E-state index contributed by atoms with van der Waals surface area (Å²) in [4.78, 5) is 0. The van der Waals surface area contributed by atoms with Crippen molar-refractivity contribution in [2.24, 2.45) is 0 Å². The van der Waals surface area contributed by atoms with Gasteiger partial charge in [0.25, 0.3) is 0 Å². The molecular weight excluding hydrogens is 340 g/mol. The maximum Gasteiger partial charge on any atom is 0.161 e. The Balaban J connectivity index is 1.43. The molecule has 0 spiro atoms. The molecule has 2 aromatic carbocycles. The van der Waals surface area contributed by atoms with E-state index < -0.39 is 17.7 Å². The Kier molecular flexibility index (Phi) is 6.41. The lowest BCUT2D eigenvalue weighted by Crippen LogP contribution is -2.26. The third-order valence-corrected chi connectivity index (χ3v) is 4.21. The summed E-state index contributed by atoms with van der Waals surface area (Å²) < 4.78 is 37.6. The molecule has 0 aliphatic carbocycles. The van der Waals surface area contributed by atoms with E-state index >= 15 is 0 Å². The number of ether oxygens (including phenoxy) is 2. The van der Waals surface area contributed by atoms with E-state index in [-0.39, 0.29) is 0 Å². The van der Waals surface area contributed by atoms with Gasteiger partial charge in [0, 0.05) is 25.6 Å². The average Bonchev–Trinajstić information content (AvgIpc) is 2.84. The highest BCUT2D eigenvalue weighted by Gasteiger charge is 2.11. The minimum Gasteiger partial charge on any atom is -0.490 e. The van der Waals surface area contributed by atoms with E-state index in [0.29, 0.717) is 44.7 Å². The molecule has 1 aliphatic rings. The van der Waals surface area contributed by atoms with Crippen LogP contribution in [0, 0.1) is 11.6 Å². The minimum atomic E-state index is -0.596. The summed E-state index contributed by atoms with van der Waals surface area (Å²) in [7, 11) is 0. The number of hydrogen-bond acceptors (Lipinski definition) is 4. The van der Waals surface area contributed by atoms with Gasteiger partial charge in [-0.3, -0.25) is 0 Å². The Bertz CT molecular complexity index is 719. The highest BCUT2D eigenvalue weighted by atomic mass is 19.1. The molecule has 0 radical (unpaired) electrons. The third-order valence-electron chi connectivity index (χ3n) is 4.21.